The molecule has 0 aliphatic rings. The highest BCUT2D eigenvalue weighted by Crippen LogP contribution is 2.17. The number of carbonyl (C=O) groups is 2. The number of halogens is 1. The predicted molar refractivity (Wildman–Crippen MR) is 64.4 cm³/mol. The van der Waals surface area contributed by atoms with Crippen molar-refractivity contribution in [2.45, 2.75) is 6.92 Å². The number of benzene rings is 1. The number of allylic oxidation sites excluding steroid dienone is 1. The summed E-state index contributed by atoms with van der Waals surface area (Å²) < 4.78 is 5.34. The van der Waals surface area contributed by atoms with Gasteiger partial charge in [0, 0.05) is 16.1 Å². The summed E-state index contributed by atoms with van der Waals surface area (Å²) in [6.07, 6.45) is 2.31. The Morgan fingerprint density at radius 1 is 1.31 bits per heavy atom. The number of ketones is 1. The standard InChI is InChI=1S/C12H11BrO3/c1-8-7-9(3-4-10(8)13)11(14)5-6-12(15)16-2/h3-7H,1-2H3/b6-5+. The highest BCUT2D eigenvalue weighted by Gasteiger charge is 2.04. The number of hydrogen-bond donors (Lipinski definition) is 0. The van der Waals surface area contributed by atoms with Gasteiger partial charge in [0.1, 0.15) is 0 Å². The van der Waals surface area contributed by atoms with Gasteiger partial charge in [0.2, 0.25) is 0 Å². The monoisotopic (exact) mass is 282 g/mol. The van der Waals surface area contributed by atoms with Crippen LogP contribution in [-0.2, 0) is 9.53 Å². The Morgan fingerprint density at radius 3 is 2.56 bits per heavy atom. The van der Waals surface area contributed by atoms with Crippen LogP contribution >= 0.6 is 15.9 Å². The van der Waals surface area contributed by atoms with E-state index in [1.165, 1.54) is 13.2 Å². The Labute approximate surface area is 102 Å². The van der Waals surface area contributed by atoms with Crippen LogP contribution < -0.4 is 0 Å². The summed E-state index contributed by atoms with van der Waals surface area (Å²) in [7, 11) is 1.26. The van der Waals surface area contributed by atoms with Crippen LogP contribution in [0.3, 0.4) is 0 Å². The molecule has 1 rings (SSSR count). The van der Waals surface area contributed by atoms with Crippen molar-refractivity contribution in [1.82, 2.24) is 0 Å². The van der Waals surface area contributed by atoms with Crippen molar-refractivity contribution in [3.63, 3.8) is 0 Å². The van der Waals surface area contributed by atoms with E-state index in [9.17, 15) is 9.59 Å². The second kappa shape index (κ2) is 5.61. The fourth-order valence-corrected chi connectivity index (χ4v) is 1.35. The van der Waals surface area contributed by atoms with E-state index < -0.39 is 5.97 Å². The Kier molecular flexibility index (Phi) is 4.43. The molecular formula is C12H11BrO3. The first-order valence-corrected chi connectivity index (χ1v) is 5.40. The van der Waals surface area contributed by atoms with Crippen LogP contribution in [0.25, 0.3) is 0 Å². The molecule has 0 saturated heterocycles. The van der Waals surface area contributed by atoms with Crippen molar-refractivity contribution < 1.29 is 14.3 Å². The van der Waals surface area contributed by atoms with Gasteiger partial charge in [0.05, 0.1) is 7.11 Å². The van der Waals surface area contributed by atoms with Crippen molar-refractivity contribution in [2.24, 2.45) is 0 Å². The molecule has 1 aromatic rings. The number of rotatable bonds is 3. The van der Waals surface area contributed by atoms with E-state index >= 15 is 0 Å². The molecule has 16 heavy (non-hydrogen) atoms. The SMILES string of the molecule is COC(=O)/C=C/C(=O)c1ccc(Br)c(C)c1. The maximum absolute atomic E-state index is 11.6. The van der Waals surface area contributed by atoms with Gasteiger partial charge in [-0.2, -0.15) is 0 Å². The summed E-state index contributed by atoms with van der Waals surface area (Å²) in [6, 6.07) is 5.25. The topological polar surface area (TPSA) is 43.4 Å². The first-order chi connectivity index (χ1) is 7.54. The molecule has 84 valence electrons. The van der Waals surface area contributed by atoms with Gasteiger partial charge in [-0.15, -0.1) is 0 Å². The van der Waals surface area contributed by atoms with Gasteiger partial charge in [-0.3, -0.25) is 4.79 Å². The highest BCUT2D eigenvalue weighted by molar-refractivity contribution is 9.10. The lowest BCUT2D eigenvalue weighted by Gasteiger charge is -2.00. The van der Waals surface area contributed by atoms with Gasteiger partial charge in [-0.05, 0) is 36.8 Å². The zero-order chi connectivity index (χ0) is 12.1. The van der Waals surface area contributed by atoms with Crippen molar-refractivity contribution in [1.29, 1.82) is 0 Å². The lowest BCUT2D eigenvalue weighted by molar-refractivity contribution is -0.134. The van der Waals surface area contributed by atoms with Crippen LogP contribution in [0.4, 0.5) is 0 Å². The smallest absolute Gasteiger partial charge is 0.330 e. The van der Waals surface area contributed by atoms with Gasteiger partial charge in [-0.1, -0.05) is 15.9 Å². The maximum atomic E-state index is 11.6. The van der Waals surface area contributed by atoms with Crippen LogP contribution in [0.1, 0.15) is 15.9 Å². The van der Waals surface area contributed by atoms with E-state index in [2.05, 4.69) is 20.7 Å². The van der Waals surface area contributed by atoms with Crippen molar-refractivity contribution in [3.05, 3.63) is 46.0 Å². The van der Waals surface area contributed by atoms with Gasteiger partial charge in [0.25, 0.3) is 0 Å². The number of methoxy groups -OCH3 is 1. The molecule has 0 saturated carbocycles. The summed E-state index contributed by atoms with van der Waals surface area (Å²) in [5, 5.41) is 0. The van der Waals surface area contributed by atoms with E-state index in [-0.39, 0.29) is 5.78 Å². The third-order valence-corrected chi connectivity index (χ3v) is 2.90. The van der Waals surface area contributed by atoms with E-state index in [4.69, 9.17) is 0 Å². The van der Waals surface area contributed by atoms with Gasteiger partial charge in [0.15, 0.2) is 5.78 Å². The molecule has 0 aromatic heterocycles. The van der Waals surface area contributed by atoms with Gasteiger partial charge in [-0.25, -0.2) is 4.79 Å². The fourth-order valence-electron chi connectivity index (χ4n) is 1.11. The maximum Gasteiger partial charge on any atom is 0.330 e. The zero-order valence-corrected chi connectivity index (χ0v) is 10.6. The zero-order valence-electron chi connectivity index (χ0n) is 8.99. The Hall–Kier alpha value is -1.42. The molecule has 0 unspecified atom stereocenters. The Bertz CT molecular complexity index is 450. The van der Waals surface area contributed by atoms with Crippen LogP contribution in [0.15, 0.2) is 34.8 Å². The van der Waals surface area contributed by atoms with E-state index in [0.29, 0.717) is 5.56 Å². The average Bonchev–Trinajstić information content (AvgIpc) is 2.29. The average molecular weight is 283 g/mol. The lowest BCUT2D eigenvalue weighted by atomic mass is 10.1. The van der Waals surface area contributed by atoms with Crippen molar-refractivity contribution in [3.8, 4) is 0 Å². The Morgan fingerprint density at radius 2 is 2.00 bits per heavy atom. The number of carbonyl (C=O) groups excluding carboxylic acids is 2. The van der Waals surface area contributed by atoms with E-state index in [1.54, 1.807) is 18.2 Å². The molecule has 0 bridgehead atoms. The summed E-state index contributed by atoms with van der Waals surface area (Å²) in [5.74, 6) is -0.761. The molecule has 0 aliphatic carbocycles. The minimum Gasteiger partial charge on any atom is -0.466 e. The van der Waals surface area contributed by atoms with E-state index in [0.717, 1.165) is 16.1 Å². The first kappa shape index (κ1) is 12.6. The largest absolute Gasteiger partial charge is 0.466 e. The second-order valence-electron chi connectivity index (χ2n) is 3.18. The molecule has 0 heterocycles. The molecule has 3 nitrogen and oxygen atoms in total. The molecule has 0 amide bonds. The quantitative estimate of drug-likeness (QED) is 0.486. The number of aryl methyl sites for hydroxylation is 1. The predicted octanol–water partition coefficient (Wildman–Crippen LogP) is 2.67. The summed E-state index contributed by atoms with van der Waals surface area (Å²) in [5.41, 5.74) is 1.51. The fraction of sp³-hybridized carbons (Fsp3) is 0.167. The summed E-state index contributed by atoms with van der Waals surface area (Å²) >= 11 is 3.35. The molecule has 0 N–H and O–H groups in total. The number of esters is 1. The minimum atomic E-state index is -0.540. The summed E-state index contributed by atoms with van der Waals surface area (Å²) in [6.45, 7) is 1.89. The van der Waals surface area contributed by atoms with E-state index in [1.807, 2.05) is 6.92 Å². The van der Waals surface area contributed by atoms with Gasteiger partial charge >= 0.3 is 5.97 Å². The normalized spacial score (nSPS) is 10.4. The summed E-state index contributed by atoms with van der Waals surface area (Å²) in [4.78, 5) is 22.4. The number of ether oxygens (including phenoxy) is 1. The van der Waals surface area contributed by atoms with Crippen molar-refractivity contribution >= 4 is 27.7 Å². The van der Waals surface area contributed by atoms with Gasteiger partial charge < -0.3 is 4.74 Å². The van der Waals surface area contributed by atoms with Crippen LogP contribution in [0.2, 0.25) is 0 Å². The third kappa shape index (κ3) is 3.31. The lowest BCUT2D eigenvalue weighted by Crippen LogP contribution is -1.99. The molecule has 1 aromatic carbocycles. The minimum absolute atomic E-state index is 0.221. The van der Waals surface area contributed by atoms with Crippen LogP contribution in [-0.4, -0.2) is 18.9 Å². The molecule has 4 heteroatoms. The molecular weight excluding hydrogens is 272 g/mol. The molecule has 0 atom stereocenters. The van der Waals surface area contributed by atoms with Crippen LogP contribution in [0.5, 0.6) is 0 Å². The highest BCUT2D eigenvalue weighted by atomic mass is 79.9. The molecule has 0 aliphatic heterocycles. The second-order valence-corrected chi connectivity index (χ2v) is 4.04. The van der Waals surface area contributed by atoms with Crippen molar-refractivity contribution in [2.75, 3.05) is 7.11 Å². The Balaban J connectivity index is 2.85. The number of hydrogen-bond acceptors (Lipinski definition) is 3. The van der Waals surface area contributed by atoms with Crippen LogP contribution in [0, 0.1) is 6.92 Å². The molecule has 0 radical (unpaired) electrons. The molecule has 0 fully saturated rings. The molecule has 0 spiro atoms. The first-order valence-electron chi connectivity index (χ1n) is 4.61. The third-order valence-electron chi connectivity index (χ3n) is 2.01.